The minimum Gasteiger partial charge on any atom is -0.493 e. The summed E-state index contributed by atoms with van der Waals surface area (Å²) in [6.07, 6.45) is 1.70. The highest BCUT2D eigenvalue weighted by Gasteiger charge is 2.10. The van der Waals surface area contributed by atoms with Crippen molar-refractivity contribution in [2.75, 3.05) is 28.4 Å². The molecule has 0 amide bonds. The molecule has 5 rings (SSSR count). The molecule has 0 aliphatic carbocycles. The molecule has 0 fully saturated rings. The Morgan fingerprint density at radius 3 is 1.05 bits per heavy atom. The van der Waals surface area contributed by atoms with Gasteiger partial charge < -0.3 is 18.9 Å². The van der Waals surface area contributed by atoms with Gasteiger partial charge in [0, 0.05) is 11.1 Å². The number of benzene rings is 3. The lowest BCUT2D eigenvalue weighted by Gasteiger charge is -2.10. The lowest BCUT2D eigenvalue weighted by Crippen LogP contribution is -1.91. The van der Waals surface area contributed by atoms with Crippen LogP contribution in [-0.4, -0.2) is 41.0 Å². The van der Waals surface area contributed by atoms with Crippen LogP contribution in [0.5, 0.6) is 23.0 Å². The van der Waals surface area contributed by atoms with Gasteiger partial charge in [0.05, 0.1) is 28.4 Å². The van der Waals surface area contributed by atoms with Crippen LogP contribution in [0.25, 0.3) is 43.1 Å². The van der Waals surface area contributed by atoms with Crippen LogP contribution in [-0.2, 0) is 0 Å². The van der Waals surface area contributed by atoms with E-state index in [1.54, 1.807) is 28.4 Å². The summed E-state index contributed by atoms with van der Waals surface area (Å²) in [6.45, 7) is 0. The van der Waals surface area contributed by atoms with E-state index >= 15 is 0 Å². The SMILES string of the molecule is COc1cc2ccc3cc4c(C=O)cc5cc(OC)c(OC)cc5ccc4cc3c(C=O)cc2cc1OC. The molecule has 0 saturated heterocycles. The van der Waals surface area contributed by atoms with Crippen LogP contribution in [0.15, 0.2) is 72.8 Å². The van der Waals surface area contributed by atoms with Gasteiger partial charge in [-0.05, 0) is 91.6 Å². The van der Waals surface area contributed by atoms with Crippen LogP contribution in [0.1, 0.15) is 20.7 Å². The minimum atomic E-state index is 0.513. The van der Waals surface area contributed by atoms with Crippen molar-refractivity contribution in [3.05, 3.63) is 83.9 Å². The van der Waals surface area contributed by atoms with Gasteiger partial charge >= 0.3 is 0 Å². The molecule has 5 aromatic carbocycles. The molecule has 38 heavy (non-hydrogen) atoms. The van der Waals surface area contributed by atoms with Gasteiger partial charge in [0.2, 0.25) is 0 Å². The van der Waals surface area contributed by atoms with Gasteiger partial charge in [0.1, 0.15) is 0 Å². The molecular weight excluding hydrogens is 480 g/mol. The summed E-state index contributed by atoms with van der Waals surface area (Å²) in [5.41, 5.74) is 1.03. The van der Waals surface area contributed by atoms with Crippen LogP contribution in [0, 0.1) is 0 Å². The van der Waals surface area contributed by atoms with E-state index in [1.807, 2.05) is 72.8 Å². The molecule has 0 aromatic heterocycles. The largest absolute Gasteiger partial charge is 0.493 e. The van der Waals surface area contributed by atoms with Gasteiger partial charge in [-0.2, -0.15) is 0 Å². The van der Waals surface area contributed by atoms with Crippen molar-refractivity contribution in [3.8, 4) is 23.0 Å². The third-order valence-corrected chi connectivity index (χ3v) is 6.78. The van der Waals surface area contributed by atoms with E-state index < -0.39 is 0 Å². The number of methoxy groups -OCH3 is 4. The number of fused-ring (bicyclic) bond motifs is 4. The highest BCUT2D eigenvalue weighted by Crippen LogP contribution is 2.35. The average Bonchev–Trinajstić information content (AvgIpc) is 2.94. The van der Waals surface area contributed by atoms with Crippen molar-refractivity contribution in [3.63, 3.8) is 0 Å². The zero-order valence-corrected chi connectivity index (χ0v) is 21.5. The summed E-state index contributed by atoms with van der Waals surface area (Å²) in [5.74, 6) is 2.35. The van der Waals surface area contributed by atoms with Gasteiger partial charge in [0.15, 0.2) is 35.6 Å². The van der Waals surface area contributed by atoms with Crippen molar-refractivity contribution in [2.24, 2.45) is 0 Å². The second kappa shape index (κ2) is 10.3. The maximum Gasteiger partial charge on any atom is 0.161 e. The van der Waals surface area contributed by atoms with E-state index in [0.29, 0.717) is 34.1 Å². The number of aldehydes is 2. The monoisotopic (exact) mass is 506 g/mol. The first-order chi connectivity index (χ1) is 18.5. The van der Waals surface area contributed by atoms with Crippen LogP contribution >= 0.6 is 0 Å². The molecule has 0 unspecified atom stereocenters. The van der Waals surface area contributed by atoms with Gasteiger partial charge in [-0.3, -0.25) is 9.59 Å². The highest BCUT2D eigenvalue weighted by atomic mass is 16.5. The minimum absolute atomic E-state index is 0.513. The first-order valence-electron chi connectivity index (χ1n) is 11.9. The third-order valence-electron chi connectivity index (χ3n) is 6.78. The zero-order chi connectivity index (χ0) is 26.8. The van der Waals surface area contributed by atoms with Gasteiger partial charge in [-0.15, -0.1) is 0 Å². The Morgan fingerprint density at radius 1 is 0.421 bits per heavy atom. The van der Waals surface area contributed by atoms with Crippen molar-refractivity contribution in [2.45, 2.75) is 0 Å². The summed E-state index contributed by atoms with van der Waals surface area (Å²) in [4.78, 5) is 24.6. The third kappa shape index (κ3) is 4.30. The fourth-order valence-electron chi connectivity index (χ4n) is 4.81. The smallest absolute Gasteiger partial charge is 0.161 e. The summed E-state index contributed by atoms with van der Waals surface area (Å²) < 4.78 is 21.9. The van der Waals surface area contributed by atoms with Gasteiger partial charge in [-0.25, -0.2) is 0 Å². The van der Waals surface area contributed by atoms with Crippen LogP contribution < -0.4 is 18.9 Å². The molecule has 0 aliphatic rings. The molecular formula is C32H26O6. The van der Waals surface area contributed by atoms with E-state index in [-0.39, 0.29) is 0 Å². The standard InChI is InChI=1S/C32H26O6/c1-35-29-13-19-5-7-21-11-28-22(12-27(21)25(17-33)9-23(19)15-31(29)37-3)8-6-20-14-30(36-2)32(38-4)16-24(20)10-26(28)18-34/h5-18H,1-4H3. The molecule has 190 valence electrons. The number of carbonyl (C=O) groups is 2. The van der Waals surface area contributed by atoms with Crippen molar-refractivity contribution in [1.82, 2.24) is 0 Å². The predicted molar refractivity (Wildman–Crippen MR) is 151 cm³/mol. The molecule has 5 aromatic rings. The molecule has 0 aliphatic heterocycles. The van der Waals surface area contributed by atoms with Crippen molar-refractivity contribution in [1.29, 1.82) is 0 Å². The fraction of sp³-hybridized carbons (Fsp3) is 0.125. The number of carbonyl (C=O) groups excluding carboxylic acids is 2. The Labute approximate surface area is 219 Å². The van der Waals surface area contributed by atoms with Crippen molar-refractivity contribution >= 4 is 55.7 Å². The molecule has 0 N–H and O–H groups in total. The second-order valence-corrected chi connectivity index (χ2v) is 8.80. The lowest BCUT2D eigenvalue weighted by atomic mass is 9.97. The Hall–Kier alpha value is -4.84. The lowest BCUT2D eigenvalue weighted by molar-refractivity contribution is 0.111. The number of hydrogen-bond donors (Lipinski definition) is 0. The first kappa shape index (κ1) is 24.8. The normalized spacial score (nSPS) is 10.8. The van der Waals surface area contributed by atoms with Crippen LogP contribution in [0.3, 0.4) is 0 Å². The maximum atomic E-state index is 12.3. The quantitative estimate of drug-likeness (QED) is 0.229. The summed E-state index contributed by atoms with van der Waals surface area (Å²) >= 11 is 0. The first-order valence-corrected chi connectivity index (χ1v) is 11.9. The molecule has 0 radical (unpaired) electrons. The van der Waals surface area contributed by atoms with E-state index in [2.05, 4.69) is 0 Å². The maximum absolute atomic E-state index is 12.3. The van der Waals surface area contributed by atoms with Crippen LogP contribution in [0.4, 0.5) is 0 Å². The molecule has 0 atom stereocenters. The summed E-state index contributed by atoms with van der Waals surface area (Å²) in [6, 6.07) is 22.9. The summed E-state index contributed by atoms with van der Waals surface area (Å²) in [5, 5.41) is 6.57. The molecule has 0 heterocycles. The number of rotatable bonds is 6. The summed E-state index contributed by atoms with van der Waals surface area (Å²) in [7, 11) is 6.33. The van der Waals surface area contributed by atoms with Crippen molar-refractivity contribution < 1.29 is 28.5 Å². The van der Waals surface area contributed by atoms with Crippen LogP contribution in [0.2, 0.25) is 0 Å². The zero-order valence-electron chi connectivity index (χ0n) is 21.5. The topological polar surface area (TPSA) is 71.1 Å². The van der Waals surface area contributed by atoms with E-state index in [4.69, 9.17) is 18.9 Å². The average molecular weight is 507 g/mol. The Morgan fingerprint density at radius 2 is 0.737 bits per heavy atom. The second-order valence-electron chi connectivity index (χ2n) is 8.80. The number of hydrogen-bond acceptors (Lipinski definition) is 6. The fourth-order valence-corrected chi connectivity index (χ4v) is 4.81. The van der Waals surface area contributed by atoms with E-state index in [9.17, 15) is 9.59 Å². The van der Waals surface area contributed by atoms with E-state index in [1.165, 1.54) is 0 Å². The molecule has 0 saturated carbocycles. The molecule has 0 spiro atoms. The number of ether oxygens (including phenoxy) is 4. The Balaban J connectivity index is 1.90. The molecule has 6 nitrogen and oxygen atoms in total. The molecule has 6 heteroatoms. The van der Waals surface area contributed by atoms with Gasteiger partial charge in [-0.1, -0.05) is 24.3 Å². The molecule has 0 bridgehead atoms. The van der Waals surface area contributed by atoms with Gasteiger partial charge in [0.25, 0.3) is 0 Å². The van der Waals surface area contributed by atoms with E-state index in [0.717, 1.165) is 55.7 Å². The highest BCUT2D eigenvalue weighted by molar-refractivity contribution is 6.10. The Kier molecular flexibility index (Phi) is 6.71. The predicted octanol–water partition coefficient (Wildman–Crippen LogP) is 7.08. The Bertz CT molecular complexity index is 1670.